The van der Waals surface area contributed by atoms with Gasteiger partial charge in [0.2, 0.25) is 5.91 Å². The van der Waals surface area contributed by atoms with Crippen LogP contribution in [0.2, 0.25) is 0 Å². The second-order valence-corrected chi connectivity index (χ2v) is 6.48. The summed E-state index contributed by atoms with van der Waals surface area (Å²) in [4.78, 5) is 14.0. The van der Waals surface area contributed by atoms with E-state index in [4.69, 9.17) is 0 Å². The van der Waals surface area contributed by atoms with Crippen LogP contribution in [0.5, 0.6) is 0 Å². The van der Waals surface area contributed by atoms with Gasteiger partial charge in [-0.05, 0) is 61.3 Å². The number of piperidine rings is 1. The largest absolute Gasteiger partial charge is 0.396 e. The van der Waals surface area contributed by atoms with Gasteiger partial charge in [-0.2, -0.15) is 0 Å². The lowest BCUT2D eigenvalue weighted by molar-refractivity contribution is -0.134. The van der Waals surface area contributed by atoms with Crippen LogP contribution in [0.4, 0.5) is 8.78 Å². The van der Waals surface area contributed by atoms with E-state index >= 15 is 0 Å². The van der Waals surface area contributed by atoms with Crippen LogP contribution in [-0.4, -0.2) is 35.6 Å². The van der Waals surface area contributed by atoms with Crippen molar-refractivity contribution in [2.45, 2.75) is 45.4 Å². The van der Waals surface area contributed by atoms with E-state index in [1.807, 2.05) is 4.90 Å². The molecule has 1 aromatic carbocycles. The first kappa shape index (κ1) is 17.9. The summed E-state index contributed by atoms with van der Waals surface area (Å²) in [6, 6.07) is 3.41. The fourth-order valence-electron chi connectivity index (χ4n) is 3.18. The lowest BCUT2D eigenvalue weighted by atomic mass is 9.77. The molecule has 0 spiro atoms. The normalized spacial score (nSPS) is 17.3. The van der Waals surface area contributed by atoms with E-state index in [0.717, 1.165) is 31.4 Å². The highest BCUT2D eigenvalue weighted by Crippen LogP contribution is 2.34. The Hall–Kier alpha value is -1.49. The number of hydrogen-bond donors (Lipinski definition) is 1. The van der Waals surface area contributed by atoms with Gasteiger partial charge in [-0.3, -0.25) is 4.79 Å². The van der Waals surface area contributed by atoms with E-state index in [-0.39, 0.29) is 17.9 Å². The van der Waals surface area contributed by atoms with Crippen LogP contribution in [0.1, 0.15) is 44.6 Å². The summed E-state index contributed by atoms with van der Waals surface area (Å²) in [5.41, 5.74) is 0.281. The van der Waals surface area contributed by atoms with E-state index in [0.29, 0.717) is 37.9 Å². The third kappa shape index (κ3) is 4.50. The number of aliphatic hydroxyl groups is 1. The fraction of sp³-hybridized carbons (Fsp3) is 0.611. The van der Waals surface area contributed by atoms with Gasteiger partial charge in [0.25, 0.3) is 0 Å². The van der Waals surface area contributed by atoms with E-state index in [9.17, 15) is 18.7 Å². The SMILES string of the molecule is CCC1(CO)CCN(C(=O)CCCc2cc(F)ccc2F)CC1. The van der Waals surface area contributed by atoms with Gasteiger partial charge >= 0.3 is 0 Å². The Kier molecular flexibility index (Phi) is 6.10. The van der Waals surface area contributed by atoms with Gasteiger partial charge in [0.05, 0.1) is 0 Å². The van der Waals surface area contributed by atoms with Crippen LogP contribution < -0.4 is 0 Å². The van der Waals surface area contributed by atoms with Crippen molar-refractivity contribution in [3.05, 3.63) is 35.4 Å². The molecule has 3 nitrogen and oxygen atoms in total. The van der Waals surface area contributed by atoms with Crippen LogP contribution in [0.25, 0.3) is 0 Å². The summed E-state index contributed by atoms with van der Waals surface area (Å²) in [5.74, 6) is -0.819. The number of aliphatic hydroxyl groups excluding tert-OH is 1. The topological polar surface area (TPSA) is 40.5 Å². The van der Waals surface area contributed by atoms with Crippen LogP contribution >= 0.6 is 0 Å². The molecule has 128 valence electrons. The number of carbonyl (C=O) groups is 1. The Morgan fingerprint density at radius 2 is 2.00 bits per heavy atom. The predicted molar refractivity (Wildman–Crippen MR) is 84.9 cm³/mol. The van der Waals surface area contributed by atoms with Crippen molar-refractivity contribution in [1.29, 1.82) is 0 Å². The Morgan fingerprint density at radius 1 is 1.30 bits per heavy atom. The molecule has 0 radical (unpaired) electrons. The lowest BCUT2D eigenvalue weighted by Crippen LogP contribution is -2.44. The molecule has 1 fully saturated rings. The van der Waals surface area contributed by atoms with Crippen LogP contribution in [0, 0.1) is 17.0 Å². The smallest absolute Gasteiger partial charge is 0.222 e. The molecular formula is C18H25F2NO2. The summed E-state index contributed by atoms with van der Waals surface area (Å²) in [5, 5.41) is 9.51. The first-order valence-electron chi connectivity index (χ1n) is 8.32. The average molecular weight is 325 g/mol. The lowest BCUT2D eigenvalue weighted by Gasteiger charge is -2.40. The number of amides is 1. The third-order valence-corrected chi connectivity index (χ3v) is 5.11. The summed E-state index contributed by atoms with van der Waals surface area (Å²) in [7, 11) is 0. The van der Waals surface area contributed by atoms with Crippen molar-refractivity contribution >= 4 is 5.91 Å². The van der Waals surface area contributed by atoms with Crippen molar-refractivity contribution < 1.29 is 18.7 Å². The van der Waals surface area contributed by atoms with Crippen LogP contribution in [0.3, 0.4) is 0 Å². The highest BCUT2D eigenvalue weighted by atomic mass is 19.1. The zero-order chi connectivity index (χ0) is 16.9. The Balaban J connectivity index is 1.79. The molecule has 0 aromatic heterocycles. The number of aryl methyl sites for hydroxylation is 1. The first-order valence-corrected chi connectivity index (χ1v) is 8.32. The van der Waals surface area contributed by atoms with Crippen molar-refractivity contribution in [3.8, 4) is 0 Å². The minimum absolute atomic E-state index is 0.0402. The summed E-state index contributed by atoms with van der Waals surface area (Å²) >= 11 is 0. The van der Waals surface area contributed by atoms with Gasteiger partial charge in [0.15, 0.2) is 0 Å². The number of halogens is 2. The minimum atomic E-state index is -0.455. The molecule has 0 unspecified atom stereocenters. The fourth-order valence-corrected chi connectivity index (χ4v) is 3.18. The molecule has 1 aromatic rings. The predicted octanol–water partition coefficient (Wildman–Crippen LogP) is 3.30. The maximum Gasteiger partial charge on any atom is 0.222 e. The first-order chi connectivity index (χ1) is 11.0. The number of likely N-dealkylation sites (tertiary alicyclic amines) is 1. The van der Waals surface area contributed by atoms with Crippen molar-refractivity contribution in [2.75, 3.05) is 19.7 Å². The highest BCUT2D eigenvalue weighted by Gasteiger charge is 2.33. The summed E-state index contributed by atoms with van der Waals surface area (Å²) in [6.45, 7) is 3.58. The quantitative estimate of drug-likeness (QED) is 0.872. The molecule has 1 aliphatic rings. The van der Waals surface area contributed by atoms with Crippen LogP contribution in [-0.2, 0) is 11.2 Å². The monoisotopic (exact) mass is 325 g/mol. The number of carbonyl (C=O) groups excluding carboxylic acids is 1. The Labute approximate surface area is 136 Å². The molecule has 0 aliphatic carbocycles. The summed E-state index contributed by atoms with van der Waals surface area (Å²) in [6.07, 6.45) is 3.78. The van der Waals surface area contributed by atoms with Crippen molar-refractivity contribution in [3.63, 3.8) is 0 Å². The van der Waals surface area contributed by atoms with E-state index in [1.165, 1.54) is 6.07 Å². The van der Waals surface area contributed by atoms with Crippen LogP contribution in [0.15, 0.2) is 18.2 Å². The second-order valence-electron chi connectivity index (χ2n) is 6.48. The average Bonchev–Trinajstić information content (AvgIpc) is 2.58. The molecule has 0 atom stereocenters. The van der Waals surface area contributed by atoms with Gasteiger partial charge < -0.3 is 10.0 Å². The molecule has 23 heavy (non-hydrogen) atoms. The molecule has 5 heteroatoms. The molecule has 2 rings (SSSR count). The minimum Gasteiger partial charge on any atom is -0.396 e. The molecule has 1 saturated heterocycles. The molecule has 1 aliphatic heterocycles. The summed E-state index contributed by atoms with van der Waals surface area (Å²) < 4.78 is 26.6. The van der Waals surface area contributed by atoms with Crippen molar-refractivity contribution in [1.82, 2.24) is 4.90 Å². The Morgan fingerprint density at radius 3 is 2.61 bits per heavy atom. The highest BCUT2D eigenvalue weighted by molar-refractivity contribution is 5.76. The standard InChI is InChI=1S/C18H25F2NO2/c1-2-18(13-22)8-10-21(11-9-18)17(23)5-3-4-14-12-15(19)6-7-16(14)20/h6-7,12,22H,2-5,8-11,13H2,1H3. The van der Waals surface area contributed by atoms with Crippen molar-refractivity contribution in [2.24, 2.45) is 5.41 Å². The molecule has 0 bridgehead atoms. The van der Waals surface area contributed by atoms with Gasteiger partial charge in [0.1, 0.15) is 11.6 Å². The van der Waals surface area contributed by atoms with E-state index < -0.39 is 11.6 Å². The molecule has 0 saturated carbocycles. The van der Waals surface area contributed by atoms with Gasteiger partial charge in [-0.15, -0.1) is 0 Å². The zero-order valence-electron chi connectivity index (χ0n) is 13.7. The number of hydrogen-bond acceptors (Lipinski definition) is 2. The van der Waals surface area contributed by atoms with E-state index in [2.05, 4.69) is 6.92 Å². The van der Waals surface area contributed by atoms with Gasteiger partial charge in [-0.1, -0.05) is 6.92 Å². The molecular weight excluding hydrogens is 300 g/mol. The van der Waals surface area contributed by atoms with Gasteiger partial charge in [0, 0.05) is 26.1 Å². The van der Waals surface area contributed by atoms with E-state index in [1.54, 1.807) is 0 Å². The van der Waals surface area contributed by atoms with Gasteiger partial charge in [-0.25, -0.2) is 8.78 Å². The number of nitrogens with zero attached hydrogens (tertiary/aromatic N) is 1. The molecule has 1 heterocycles. The molecule has 1 N–H and O–H groups in total. The maximum absolute atomic E-state index is 13.5. The zero-order valence-corrected chi connectivity index (χ0v) is 13.7. The Bertz CT molecular complexity index is 534. The number of rotatable bonds is 6. The molecule has 1 amide bonds. The second kappa shape index (κ2) is 7.86. The maximum atomic E-state index is 13.5. The number of benzene rings is 1. The third-order valence-electron chi connectivity index (χ3n) is 5.11.